The lowest BCUT2D eigenvalue weighted by Gasteiger charge is -2.11. The van der Waals surface area contributed by atoms with Gasteiger partial charge in [0.25, 0.3) is 0 Å². The predicted octanol–water partition coefficient (Wildman–Crippen LogP) is 1.05. The number of carbonyl (C=O) groups is 1. The van der Waals surface area contributed by atoms with E-state index in [1.165, 1.54) is 7.11 Å². The molecule has 96 valence electrons. The van der Waals surface area contributed by atoms with Crippen molar-refractivity contribution in [2.24, 2.45) is 0 Å². The van der Waals surface area contributed by atoms with E-state index < -0.39 is 5.97 Å². The second-order valence-electron chi connectivity index (χ2n) is 3.85. The van der Waals surface area contributed by atoms with E-state index in [9.17, 15) is 4.79 Å². The van der Waals surface area contributed by atoms with Crippen LogP contribution in [0.25, 0.3) is 0 Å². The van der Waals surface area contributed by atoms with Crippen LogP contribution in [0.3, 0.4) is 0 Å². The lowest BCUT2D eigenvalue weighted by atomic mass is 10.2. The van der Waals surface area contributed by atoms with Crippen LogP contribution in [0.1, 0.15) is 36.5 Å². The van der Waals surface area contributed by atoms with E-state index in [4.69, 9.17) is 4.74 Å². The lowest BCUT2D eigenvalue weighted by Crippen LogP contribution is -2.18. The van der Waals surface area contributed by atoms with Gasteiger partial charge in [-0.1, -0.05) is 18.6 Å². The summed E-state index contributed by atoms with van der Waals surface area (Å²) in [5.41, 5.74) is 1.11. The highest BCUT2D eigenvalue weighted by molar-refractivity contribution is 5.88. The van der Waals surface area contributed by atoms with Crippen molar-refractivity contribution in [1.82, 2.24) is 15.0 Å². The highest BCUT2D eigenvalue weighted by atomic mass is 16.5. The summed E-state index contributed by atoms with van der Waals surface area (Å²) in [4.78, 5) is 11.5. The fourth-order valence-corrected chi connectivity index (χ4v) is 1.54. The lowest BCUT2D eigenvalue weighted by molar-refractivity contribution is 0.0592. The fourth-order valence-electron chi connectivity index (χ4n) is 1.54. The smallest absolute Gasteiger partial charge is 0.360 e. The van der Waals surface area contributed by atoms with Crippen LogP contribution < -0.4 is 0 Å². The number of aromatic nitrogens is 3. The Kier molecular flexibility index (Phi) is 5.09. The highest BCUT2D eigenvalue weighted by Gasteiger charge is 2.20. The maximum Gasteiger partial charge on any atom is 0.360 e. The third kappa shape index (κ3) is 3.26. The van der Waals surface area contributed by atoms with E-state index in [0.29, 0.717) is 12.2 Å². The summed E-state index contributed by atoms with van der Waals surface area (Å²) in [5.74, 6) is -0.440. The maximum atomic E-state index is 11.5. The van der Waals surface area contributed by atoms with Crippen molar-refractivity contribution >= 4 is 5.97 Å². The first kappa shape index (κ1) is 13.6. The summed E-state index contributed by atoms with van der Waals surface area (Å²) in [6.07, 6.45) is 1.69. The van der Waals surface area contributed by atoms with E-state index in [2.05, 4.69) is 15.0 Å². The van der Waals surface area contributed by atoms with Crippen molar-refractivity contribution in [2.75, 3.05) is 14.2 Å². The molecule has 0 aromatic carbocycles. The topological polar surface area (TPSA) is 66.2 Å². The first-order valence-corrected chi connectivity index (χ1v) is 5.67. The molecule has 17 heavy (non-hydrogen) atoms. The molecule has 0 radical (unpaired) electrons. The Balaban J connectivity index is 2.97. The summed E-state index contributed by atoms with van der Waals surface area (Å²) < 4.78 is 11.6. The second-order valence-corrected chi connectivity index (χ2v) is 3.85. The van der Waals surface area contributed by atoms with Crippen LogP contribution in [-0.4, -0.2) is 41.3 Å². The number of hydrogen-bond donors (Lipinski definition) is 0. The van der Waals surface area contributed by atoms with Crippen molar-refractivity contribution in [1.29, 1.82) is 0 Å². The summed E-state index contributed by atoms with van der Waals surface area (Å²) in [6, 6.07) is 0. The van der Waals surface area contributed by atoms with Crippen LogP contribution in [-0.2, 0) is 22.4 Å². The Morgan fingerprint density at radius 2 is 2.18 bits per heavy atom. The van der Waals surface area contributed by atoms with Crippen molar-refractivity contribution in [3.63, 3.8) is 0 Å². The zero-order chi connectivity index (χ0) is 12.8. The third-order valence-electron chi connectivity index (χ3n) is 2.54. The molecule has 0 saturated carbocycles. The van der Waals surface area contributed by atoms with Gasteiger partial charge < -0.3 is 9.47 Å². The van der Waals surface area contributed by atoms with Crippen molar-refractivity contribution in [2.45, 2.75) is 39.3 Å². The molecule has 0 bridgehead atoms. The average Bonchev–Trinajstić information content (AvgIpc) is 2.72. The number of hydrogen-bond acceptors (Lipinski definition) is 5. The van der Waals surface area contributed by atoms with E-state index in [1.54, 1.807) is 11.8 Å². The van der Waals surface area contributed by atoms with Gasteiger partial charge in [-0.05, 0) is 13.3 Å². The van der Waals surface area contributed by atoms with Gasteiger partial charge in [0, 0.05) is 7.11 Å². The SMILES string of the molecule is CCCc1c(C(=O)OC)nnn1CC(C)OC. The zero-order valence-electron chi connectivity index (χ0n) is 10.8. The van der Waals surface area contributed by atoms with Crippen LogP contribution in [0.4, 0.5) is 0 Å². The average molecular weight is 241 g/mol. The van der Waals surface area contributed by atoms with Crippen molar-refractivity contribution in [3.05, 3.63) is 11.4 Å². The van der Waals surface area contributed by atoms with Gasteiger partial charge in [-0.25, -0.2) is 9.48 Å². The summed E-state index contributed by atoms with van der Waals surface area (Å²) in [6.45, 7) is 4.56. The number of nitrogens with zero attached hydrogens (tertiary/aromatic N) is 3. The first-order valence-electron chi connectivity index (χ1n) is 5.67. The summed E-state index contributed by atoms with van der Waals surface area (Å²) in [7, 11) is 2.98. The van der Waals surface area contributed by atoms with Gasteiger partial charge in [0.2, 0.25) is 0 Å². The zero-order valence-corrected chi connectivity index (χ0v) is 10.8. The molecule has 0 spiro atoms. The van der Waals surface area contributed by atoms with Crippen LogP contribution >= 0.6 is 0 Å². The largest absolute Gasteiger partial charge is 0.464 e. The van der Waals surface area contributed by atoms with Gasteiger partial charge >= 0.3 is 5.97 Å². The third-order valence-corrected chi connectivity index (χ3v) is 2.54. The number of rotatable bonds is 6. The minimum atomic E-state index is -0.440. The first-order chi connectivity index (χ1) is 8.13. The molecule has 0 N–H and O–H groups in total. The molecule has 0 amide bonds. The van der Waals surface area contributed by atoms with Crippen LogP contribution in [0, 0.1) is 0 Å². The number of esters is 1. The fraction of sp³-hybridized carbons (Fsp3) is 0.727. The number of ether oxygens (including phenoxy) is 2. The van der Waals surface area contributed by atoms with Gasteiger partial charge in [0.05, 0.1) is 25.5 Å². The van der Waals surface area contributed by atoms with Gasteiger partial charge in [0.15, 0.2) is 5.69 Å². The Morgan fingerprint density at radius 1 is 1.47 bits per heavy atom. The monoisotopic (exact) mass is 241 g/mol. The van der Waals surface area contributed by atoms with E-state index in [-0.39, 0.29) is 6.10 Å². The summed E-state index contributed by atoms with van der Waals surface area (Å²) in [5, 5.41) is 7.85. The molecule has 6 heteroatoms. The minimum Gasteiger partial charge on any atom is -0.464 e. The van der Waals surface area contributed by atoms with Crippen LogP contribution in [0.15, 0.2) is 0 Å². The molecule has 0 fully saturated rings. The minimum absolute atomic E-state index is 0.0257. The van der Waals surface area contributed by atoms with Gasteiger partial charge in [0.1, 0.15) is 0 Å². The van der Waals surface area contributed by atoms with Gasteiger partial charge in [-0.3, -0.25) is 0 Å². The molecular weight excluding hydrogens is 222 g/mol. The maximum absolute atomic E-state index is 11.5. The molecule has 0 aliphatic carbocycles. The van der Waals surface area contributed by atoms with Gasteiger partial charge in [-0.2, -0.15) is 0 Å². The van der Waals surface area contributed by atoms with E-state index >= 15 is 0 Å². The Hall–Kier alpha value is -1.43. The van der Waals surface area contributed by atoms with E-state index in [1.807, 2.05) is 13.8 Å². The van der Waals surface area contributed by atoms with Crippen LogP contribution in [0.5, 0.6) is 0 Å². The highest BCUT2D eigenvalue weighted by Crippen LogP contribution is 2.11. The molecule has 1 aromatic heterocycles. The Morgan fingerprint density at radius 3 is 2.71 bits per heavy atom. The quantitative estimate of drug-likeness (QED) is 0.696. The molecule has 1 heterocycles. The molecule has 1 aromatic rings. The van der Waals surface area contributed by atoms with Crippen LogP contribution in [0.2, 0.25) is 0 Å². The molecule has 1 unspecified atom stereocenters. The Labute approximate surface area is 101 Å². The number of carbonyl (C=O) groups excluding carboxylic acids is 1. The summed E-state index contributed by atoms with van der Waals surface area (Å²) >= 11 is 0. The molecule has 0 aliphatic rings. The molecule has 0 saturated heterocycles. The normalized spacial score (nSPS) is 12.5. The number of methoxy groups -OCH3 is 2. The molecule has 1 atom stereocenters. The van der Waals surface area contributed by atoms with Crippen molar-refractivity contribution < 1.29 is 14.3 Å². The molecule has 0 aliphatic heterocycles. The predicted molar refractivity (Wildman–Crippen MR) is 61.8 cm³/mol. The molecular formula is C11H19N3O3. The molecule has 1 rings (SSSR count). The Bertz CT molecular complexity index is 376. The van der Waals surface area contributed by atoms with Crippen molar-refractivity contribution in [3.8, 4) is 0 Å². The molecule has 6 nitrogen and oxygen atoms in total. The standard InChI is InChI=1S/C11H19N3O3/c1-5-6-9-10(11(15)17-4)12-13-14(9)7-8(2)16-3/h8H,5-7H2,1-4H3. The second kappa shape index (κ2) is 6.34. The van der Waals surface area contributed by atoms with Gasteiger partial charge in [-0.15, -0.1) is 5.10 Å². The van der Waals surface area contributed by atoms with E-state index in [0.717, 1.165) is 18.5 Å².